The quantitative estimate of drug-likeness (QED) is 0.556. The van der Waals surface area contributed by atoms with E-state index in [1.54, 1.807) is 0 Å². The van der Waals surface area contributed by atoms with Gasteiger partial charge in [-0.2, -0.15) is 0 Å². The van der Waals surface area contributed by atoms with Gasteiger partial charge in [-0.15, -0.1) is 0 Å². The molecular formula is C21H30N4O. The molecule has 5 heteroatoms. The van der Waals surface area contributed by atoms with Gasteiger partial charge in [0.05, 0.1) is 5.69 Å². The monoisotopic (exact) mass is 354 g/mol. The Labute approximate surface area is 156 Å². The second-order valence-electron chi connectivity index (χ2n) is 6.91. The SMILES string of the molecule is CCNC(=NCc1cc(C(CC)CC)no1)NCC1Cc2ccccc21. The number of nitrogens with one attached hydrogen (secondary N) is 2. The van der Waals surface area contributed by atoms with Gasteiger partial charge in [-0.25, -0.2) is 4.99 Å². The molecule has 5 nitrogen and oxygen atoms in total. The summed E-state index contributed by atoms with van der Waals surface area (Å²) in [5.74, 6) is 2.69. The maximum Gasteiger partial charge on any atom is 0.191 e. The summed E-state index contributed by atoms with van der Waals surface area (Å²) in [6.07, 6.45) is 3.31. The summed E-state index contributed by atoms with van der Waals surface area (Å²) in [6, 6.07) is 10.7. The maximum absolute atomic E-state index is 5.47. The lowest BCUT2D eigenvalue weighted by atomic mass is 9.78. The molecule has 0 aliphatic heterocycles. The second-order valence-corrected chi connectivity index (χ2v) is 6.91. The molecule has 1 aliphatic carbocycles. The van der Waals surface area contributed by atoms with Crippen LogP contribution in [0.4, 0.5) is 0 Å². The van der Waals surface area contributed by atoms with Gasteiger partial charge < -0.3 is 15.2 Å². The average Bonchev–Trinajstić information content (AvgIpc) is 3.10. The maximum atomic E-state index is 5.47. The Kier molecular flexibility index (Phi) is 6.31. The number of benzene rings is 1. The van der Waals surface area contributed by atoms with Crippen LogP contribution < -0.4 is 10.6 Å². The molecule has 1 unspecified atom stereocenters. The van der Waals surface area contributed by atoms with Crippen LogP contribution in [0.3, 0.4) is 0 Å². The zero-order valence-electron chi connectivity index (χ0n) is 16.1. The third-order valence-corrected chi connectivity index (χ3v) is 5.20. The standard InChI is InChI=1S/C21H30N4O/c1-4-15(5-2)20-12-18(26-25-20)14-24-21(22-6-3)23-13-17-11-16-9-7-8-10-19(16)17/h7-10,12,15,17H,4-6,11,13-14H2,1-3H3,(H2,22,23,24). The van der Waals surface area contributed by atoms with Crippen molar-refractivity contribution in [3.63, 3.8) is 0 Å². The van der Waals surface area contributed by atoms with Crippen LogP contribution in [0, 0.1) is 0 Å². The highest BCUT2D eigenvalue weighted by Crippen LogP contribution is 2.33. The van der Waals surface area contributed by atoms with Crippen LogP contribution in [0.1, 0.15) is 68.0 Å². The minimum atomic E-state index is 0.474. The average molecular weight is 354 g/mol. The van der Waals surface area contributed by atoms with Gasteiger partial charge in [-0.1, -0.05) is 43.3 Å². The first-order valence-corrected chi connectivity index (χ1v) is 9.80. The number of hydrogen-bond acceptors (Lipinski definition) is 3. The van der Waals surface area contributed by atoms with E-state index in [0.717, 1.165) is 49.8 Å². The number of fused-ring (bicyclic) bond motifs is 1. The topological polar surface area (TPSA) is 62.5 Å². The smallest absolute Gasteiger partial charge is 0.191 e. The van der Waals surface area contributed by atoms with Crippen molar-refractivity contribution < 1.29 is 4.52 Å². The van der Waals surface area contributed by atoms with Gasteiger partial charge in [0.1, 0.15) is 6.54 Å². The van der Waals surface area contributed by atoms with Crippen LogP contribution in [0.2, 0.25) is 0 Å². The van der Waals surface area contributed by atoms with Crippen molar-refractivity contribution in [3.05, 3.63) is 52.9 Å². The van der Waals surface area contributed by atoms with Gasteiger partial charge >= 0.3 is 0 Å². The molecule has 0 spiro atoms. The fourth-order valence-electron chi connectivity index (χ4n) is 3.57. The second kappa shape index (κ2) is 8.88. The van der Waals surface area contributed by atoms with Crippen molar-refractivity contribution >= 4 is 5.96 Å². The van der Waals surface area contributed by atoms with Crippen LogP contribution in [-0.2, 0) is 13.0 Å². The predicted octanol–water partition coefficient (Wildman–Crippen LogP) is 3.97. The van der Waals surface area contributed by atoms with Crippen LogP contribution in [0.25, 0.3) is 0 Å². The van der Waals surface area contributed by atoms with E-state index in [9.17, 15) is 0 Å². The summed E-state index contributed by atoms with van der Waals surface area (Å²) in [5, 5.41) is 11.0. The summed E-state index contributed by atoms with van der Waals surface area (Å²) in [5.41, 5.74) is 3.97. The highest BCUT2D eigenvalue weighted by atomic mass is 16.5. The number of aliphatic imine (C=N–C) groups is 1. The Morgan fingerprint density at radius 1 is 1.23 bits per heavy atom. The molecule has 3 rings (SSSR count). The van der Waals surface area contributed by atoms with E-state index in [1.165, 1.54) is 11.1 Å². The minimum Gasteiger partial charge on any atom is -0.359 e. The van der Waals surface area contributed by atoms with Gasteiger partial charge in [-0.3, -0.25) is 0 Å². The molecule has 1 aromatic carbocycles. The number of hydrogen-bond donors (Lipinski definition) is 2. The Hall–Kier alpha value is -2.30. The van der Waals surface area contributed by atoms with Crippen LogP contribution >= 0.6 is 0 Å². The predicted molar refractivity (Wildman–Crippen MR) is 106 cm³/mol. The molecule has 0 fully saturated rings. The third kappa shape index (κ3) is 4.26. The molecule has 0 bridgehead atoms. The van der Waals surface area contributed by atoms with E-state index in [1.807, 2.05) is 6.07 Å². The number of rotatable bonds is 8. The molecule has 0 radical (unpaired) electrons. The molecule has 1 atom stereocenters. The van der Waals surface area contributed by atoms with E-state index in [-0.39, 0.29) is 0 Å². The molecule has 0 amide bonds. The van der Waals surface area contributed by atoms with Crippen molar-refractivity contribution in [3.8, 4) is 0 Å². The van der Waals surface area contributed by atoms with Crippen LogP contribution in [-0.4, -0.2) is 24.2 Å². The number of aromatic nitrogens is 1. The fourth-order valence-corrected chi connectivity index (χ4v) is 3.57. The van der Waals surface area contributed by atoms with Gasteiger partial charge in [0.15, 0.2) is 11.7 Å². The lowest BCUT2D eigenvalue weighted by Gasteiger charge is -2.30. The molecule has 2 N–H and O–H groups in total. The van der Waals surface area contributed by atoms with E-state index < -0.39 is 0 Å². The van der Waals surface area contributed by atoms with Crippen molar-refractivity contribution in [2.45, 2.75) is 58.4 Å². The lowest BCUT2D eigenvalue weighted by Crippen LogP contribution is -2.41. The van der Waals surface area contributed by atoms with Crippen molar-refractivity contribution in [2.75, 3.05) is 13.1 Å². The summed E-state index contributed by atoms with van der Waals surface area (Å²) in [4.78, 5) is 4.66. The first-order chi connectivity index (χ1) is 12.7. The van der Waals surface area contributed by atoms with E-state index in [0.29, 0.717) is 18.4 Å². The van der Waals surface area contributed by atoms with Crippen molar-refractivity contribution in [2.24, 2.45) is 4.99 Å². The fraction of sp³-hybridized carbons (Fsp3) is 0.524. The van der Waals surface area contributed by atoms with Gasteiger partial charge in [0, 0.05) is 31.0 Å². The molecule has 2 aromatic rings. The molecule has 1 aliphatic rings. The van der Waals surface area contributed by atoms with Gasteiger partial charge in [0.2, 0.25) is 0 Å². The lowest BCUT2D eigenvalue weighted by molar-refractivity contribution is 0.372. The third-order valence-electron chi connectivity index (χ3n) is 5.20. The van der Waals surface area contributed by atoms with E-state index >= 15 is 0 Å². The summed E-state index contributed by atoms with van der Waals surface area (Å²) in [7, 11) is 0. The highest BCUT2D eigenvalue weighted by Gasteiger charge is 2.25. The van der Waals surface area contributed by atoms with Crippen molar-refractivity contribution in [1.29, 1.82) is 0 Å². The van der Waals surface area contributed by atoms with Gasteiger partial charge in [0.25, 0.3) is 0 Å². The zero-order valence-corrected chi connectivity index (χ0v) is 16.1. The largest absolute Gasteiger partial charge is 0.359 e. The molecule has 140 valence electrons. The zero-order chi connectivity index (χ0) is 18.4. The summed E-state index contributed by atoms with van der Waals surface area (Å²) >= 11 is 0. The van der Waals surface area contributed by atoms with E-state index in [4.69, 9.17) is 4.52 Å². The Morgan fingerprint density at radius 3 is 2.77 bits per heavy atom. The molecule has 0 saturated heterocycles. The highest BCUT2D eigenvalue weighted by molar-refractivity contribution is 5.79. The minimum absolute atomic E-state index is 0.474. The number of guanidine groups is 1. The molecular weight excluding hydrogens is 324 g/mol. The van der Waals surface area contributed by atoms with Crippen LogP contribution in [0.15, 0.2) is 39.8 Å². The van der Waals surface area contributed by atoms with Crippen LogP contribution in [0.5, 0.6) is 0 Å². The first-order valence-electron chi connectivity index (χ1n) is 9.80. The normalized spacial score (nSPS) is 16.3. The summed E-state index contributed by atoms with van der Waals surface area (Å²) < 4.78 is 5.47. The Morgan fingerprint density at radius 2 is 2.04 bits per heavy atom. The number of nitrogens with zero attached hydrogens (tertiary/aromatic N) is 2. The molecule has 0 saturated carbocycles. The molecule has 26 heavy (non-hydrogen) atoms. The summed E-state index contributed by atoms with van der Waals surface area (Å²) in [6.45, 7) is 8.69. The van der Waals surface area contributed by atoms with Gasteiger partial charge in [-0.05, 0) is 37.3 Å². The Balaban J connectivity index is 1.56. The molecule has 1 aromatic heterocycles. The Bertz CT molecular complexity index is 733. The first kappa shape index (κ1) is 18.5. The molecule has 1 heterocycles. The van der Waals surface area contributed by atoms with Crippen molar-refractivity contribution in [1.82, 2.24) is 15.8 Å². The van der Waals surface area contributed by atoms with E-state index in [2.05, 4.69) is 65.8 Å².